The molecule has 1 aliphatic heterocycles. The van der Waals surface area contributed by atoms with Gasteiger partial charge in [0.05, 0.1) is 12.7 Å². The van der Waals surface area contributed by atoms with Gasteiger partial charge in [-0.2, -0.15) is 0 Å². The summed E-state index contributed by atoms with van der Waals surface area (Å²) in [5.41, 5.74) is 0.461. The van der Waals surface area contributed by atoms with Crippen LogP contribution in [0.5, 0.6) is 0 Å². The van der Waals surface area contributed by atoms with E-state index in [0.717, 1.165) is 6.07 Å². The lowest BCUT2D eigenvalue weighted by molar-refractivity contribution is -0.0231. The first-order valence-electron chi connectivity index (χ1n) is 5.29. The van der Waals surface area contributed by atoms with Gasteiger partial charge in [0.1, 0.15) is 11.6 Å². The fourth-order valence-corrected chi connectivity index (χ4v) is 1.76. The van der Waals surface area contributed by atoms with E-state index in [1.165, 1.54) is 12.1 Å². The number of hydrogen-bond acceptors (Lipinski definition) is 2. The van der Waals surface area contributed by atoms with Crippen molar-refractivity contribution in [3.63, 3.8) is 0 Å². The van der Waals surface area contributed by atoms with Gasteiger partial charge in [-0.1, -0.05) is 0 Å². The number of ether oxygens (including phenoxy) is 1. The highest BCUT2D eigenvalue weighted by molar-refractivity contribution is 5.21. The summed E-state index contributed by atoms with van der Waals surface area (Å²) in [6.07, 6.45) is -0.279. The Bertz CT molecular complexity index is 362. The van der Waals surface area contributed by atoms with E-state index in [1.807, 2.05) is 13.8 Å². The summed E-state index contributed by atoms with van der Waals surface area (Å²) in [5.74, 6) is -1.13. The molecule has 1 heterocycles. The van der Waals surface area contributed by atoms with Gasteiger partial charge < -0.3 is 10.1 Å². The molecule has 1 aromatic carbocycles. The van der Waals surface area contributed by atoms with Gasteiger partial charge in [0, 0.05) is 18.2 Å². The van der Waals surface area contributed by atoms with Gasteiger partial charge in [-0.25, -0.2) is 8.78 Å². The minimum atomic E-state index is -0.566. The summed E-state index contributed by atoms with van der Waals surface area (Å²) in [6, 6.07) is 3.49. The van der Waals surface area contributed by atoms with Crippen molar-refractivity contribution in [2.24, 2.45) is 0 Å². The molecule has 0 amide bonds. The molecule has 0 aromatic heterocycles. The number of morpholine rings is 1. The van der Waals surface area contributed by atoms with E-state index in [-0.39, 0.29) is 11.6 Å². The quantitative estimate of drug-likeness (QED) is 0.795. The smallest absolute Gasteiger partial charge is 0.126 e. The van der Waals surface area contributed by atoms with Crippen molar-refractivity contribution in [3.05, 3.63) is 35.4 Å². The Labute approximate surface area is 93.6 Å². The molecule has 1 aromatic rings. The molecule has 0 radical (unpaired) electrons. The van der Waals surface area contributed by atoms with E-state index in [2.05, 4.69) is 5.32 Å². The molecule has 1 N–H and O–H groups in total. The van der Waals surface area contributed by atoms with Gasteiger partial charge in [0.15, 0.2) is 0 Å². The molecule has 1 atom stereocenters. The van der Waals surface area contributed by atoms with Crippen molar-refractivity contribution in [2.45, 2.75) is 25.5 Å². The maximum atomic E-state index is 13.0. The van der Waals surface area contributed by atoms with E-state index in [1.54, 1.807) is 0 Å². The standard InChI is InChI=1S/C12H15F2NO/c1-12(2)7-16-11(6-15-12)8-3-9(13)5-10(14)4-8/h3-5,11,15H,6-7H2,1-2H3. The van der Waals surface area contributed by atoms with Crippen LogP contribution in [0.25, 0.3) is 0 Å². The lowest BCUT2D eigenvalue weighted by atomic mass is 10.0. The summed E-state index contributed by atoms with van der Waals surface area (Å²) in [6.45, 7) is 5.14. The maximum absolute atomic E-state index is 13.0. The van der Waals surface area contributed by atoms with Crippen LogP contribution < -0.4 is 5.32 Å². The Balaban J connectivity index is 2.14. The Morgan fingerprint density at radius 2 is 1.88 bits per heavy atom. The summed E-state index contributed by atoms with van der Waals surface area (Å²) in [5, 5.41) is 3.28. The number of nitrogens with one attached hydrogen (secondary N) is 1. The molecule has 0 saturated carbocycles. The predicted octanol–water partition coefficient (Wildman–Crippen LogP) is 2.40. The van der Waals surface area contributed by atoms with E-state index in [0.29, 0.717) is 18.7 Å². The molecule has 88 valence electrons. The third-order valence-corrected chi connectivity index (χ3v) is 2.67. The summed E-state index contributed by atoms with van der Waals surface area (Å²) in [7, 11) is 0. The molecular formula is C12H15F2NO. The van der Waals surface area contributed by atoms with Crippen molar-refractivity contribution in [1.29, 1.82) is 0 Å². The van der Waals surface area contributed by atoms with Crippen LogP contribution in [0.2, 0.25) is 0 Å². The minimum Gasteiger partial charge on any atom is -0.370 e. The molecule has 1 saturated heterocycles. The summed E-state index contributed by atoms with van der Waals surface area (Å²) >= 11 is 0. The van der Waals surface area contributed by atoms with Gasteiger partial charge >= 0.3 is 0 Å². The number of benzene rings is 1. The minimum absolute atomic E-state index is 0.0810. The van der Waals surface area contributed by atoms with Crippen LogP contribution in [0.4, 0.5) is 8.78 Å². The van der Waals surface area contributed by atoms with Crippen molar-refractivity contribution in [3.8, 4) is 0 Å². The monoisotopic (exact) mass is 227 g/mol. The Morgan fingerprint density at radius 1 is 1.25 bits per heavy atom. The van der Waals surface area contributed by atoms with E-state index in [4.69, 9.17) is 4.74 Å². The van der Waals surface area contributed by atoms with Crippen LogP contribution in [0.1, 0.15) is 25.5 Å². The molecule has 0 spiro atoms. The third kappa shape index (κ3) is 2.57. The van der Waals surface area contributed by atoms with Crippen LogP contribution in [-0.4, -0.2) is 18.7 Å². The fourth-order valence-electron chi connectivity index (χ4n) is 1.76. The molecule has 16 heavy (non-hydrogen) atoms. The molecule has 1 aliphatic rings. The van der Waals surface area contributed by atoms with Crippen LogP contribution >= 0.6 is 0 Å². The third-order valence-electron chi connectivity index (χ3n) is 2.67. The largest absolute Gasteiger partial charge is 0.370 e. The second-order valence-corrected chi connectivity index (χ2v) is 4.77. The topological polar surface area (TPSA) is 21.3 Å². The molecular weight excluding hydrogens is 212 g/mol. The maximum Gasteiger partial charge on any atom is 0.126 e. The van der Waals surface area contributed by atoms with Crippen molar-refractivity contribution in [1.82, 2.24) is 5.32 Å². The van der Waals surface area contributed by atoms with Crippen molar-refractivity contribution >= 4 is 0 Å². The lowest BCUT2D eigenvalue weighted by Gasteiger charge is -2.36. The van der Waals surface area contributed by atoms with Gasteiger partial charge in [-0.05, 0) is 31.5 Å². The molecule has 1 unspecified atom stereocenters. The number of rotatable bonds is 1. The molecule has 1 fully saturated rings. The van der Waals surface area contributed by atoms with Crippen LogP contribution in [0.3, 0.4) is 0 Å². The molecule has 2 rings (SSSR count). The Morgan fingerprint density at radius 3 is 2.38 bits per heavy atom. The highest BCUT2D eigenvalue weighted by atomic mass is 19.1. The molecule has 2 nitrogen and oxygen atoms in total. The van der Waals surface area contributed by atoms with Gasteiger partial charge in [0.2, 0.25) is 0 Å². The zero-order valence-electron chi connectivity index (χ0n) is 9.39. The zero-order chi connectivity index (χ0) is 11.8. The first-order chi connectivity index (χ1) is 7.46. The van der Waals surface area contributed by atoms with Crippen LogP contribution in [-0.2, 0) is 4.74 Å². The van der Waals surface area contributed by atoms with E-state index < -0.39 is 11.6 Å². The second kappa shape index (κ2) is 4.11. The first-order valence-corrected chi connectivity index (χ1v) is 5.29. The van der Waals surface area contributed by atoms with E-state index >= 15 is 0 Å². The first kappa shape index (κ1) is 11.5. The number of halogens is 2. The highest BCUT2D eigenvalue weighted by Gasteiger charge is 2.27. The molecule has 0 bridgehead atoms. The van der Waals surface area contributed by atoms with Gasteiger partial charge in [0.25, 0.3) is 0 Å². The van der Waals surface area contributed by atoms with Gasteiger partial charge in [-0.3, -0.25) is 0 Å². The summed E-state index contributed by atoms with van der Waals surface area (Å²) < 4.78 is 31.6. The van der Waals surface area contributed by atoms with Crippen LogP contribution in [0, 0.1) is 11.6 Å². The normalized spacial score (nSPS) is 24.4. The lowest BCUT2D eigenvalue weighted by Crippen LogP contribution is -2.50. The van der Waals surface area contributed by atoms with Crippen molar-refractivity contribution < 1.29 is 13.5 Å². The Kier molecular flexibility index (Phi) is 2.95. The fraction of sp³-hybridized carbons (Fsp3) is 0.500. The average molecular weight is 227 g/mol. The zero-order valence-corrected chi connectivity index (χ0v) is 9.39. The average Bonchev–Trinajstić information content (AvgIpc) is 2.15. The number of hydrogen-bond donors (Lipinski definition) is 1. The predicted molar refractivity (Wildman–Crippen MR) is 57.1 cm³/mol. The SMILES string of the molecule is CC1(C)COC(c2cc(F)cc(F)c2)CN1. The summed E-state index contributed by atoms with van der Waals surface area (Å²) in [4.78, 5) is 0. The molecule has 0 aliphatic carbocycles. The highest BCUT2D eigenvalue weighted by Crippen LogP contribution is 2.24. The molecule has 4 heteroatoms. The van der Waals surface area contributed by atoms with Gasteiger partial charge in [-0.15, -0.1) is 0 Å². The van der Waals surface area contributed by atoms with E-state index in [9.17, 15) is 8.78 Å². The van der Waals surface area contributed by atoms with Crippen molar-refractivity contribution in [2.75, 3.05) is 13.2 Å². The van der Waals surface area contributed by atoms with Crippen LogP contribution in [0.15, 0.2) is 18.2 Å². The second-order valence-electron chi connectivity index (χ2n) is 4.77. The Hall–Kier alpha value is -1.00.